The summed E-state index contributed by atoms with van der Waals surface area (Å²) in [5, 5.41) is 20.5. The summed E-state index contributed by atoms with van der Waals surface area (Å²) < 4.78 is 4.17. The summed E-state index contributed by atoms with van der Waals surface area (Å²) in [4.78, 5) is 25.3. The van der Waals surface area contributed by atoms with Crippen molar-refractivity contribution in [1.82, 2.24) is 34.3 Å². The Morgan fingerprint density at radius 1 is 1.31 bits per heavy atom. The minimum absolute atomic E-state index is 0.0329. The third-order valence-electron chi connectivity index (χ3n) is 4.84. The molecule has 0 aliphatic carbocycles. The van der Waals surface area contributed by atoms with Crippen LogP contribution in [-0.4, -0.2) is 39.3 Å². The second-order valence-corrected chi connectivity index (χ2v) is 8.10. The Labute approximate surface area is 168 Å². The van der Waals surface area contributed by atoms with E-state index in [2.05, 4.69) is 33.2 Å². The summed E-state index contributed by atoms with van der Waals surface area (Å²) >= 11 is 1.57. The number of pyridine rings is 1. The third kappa shape index (κ3) is 2.81. The molecule has 1 atom stereocenters. The van der Waals surface area contributed by atoms with Gasteiger partial charge in [0, 0.05) is 17.0 Å². The van der Waals surface area contributed by atoms with Crippen molar-refractivity contribution in [2.24, 2.45) is 0 Å². The molecule has 0 amide bonds. The summed E-state index contributed by atoms with van der Waals surface area (Å²) in [6, 6.07) is 2.06. The zero-order valence-corrected chi connectivity index (χ0v) is 16.7. The van der Waals surface area contributed by atoms with Crippen LogP contribution in [0.25, 0.3) is 26.1 Å². The van der Waals surface area contributed by atoms with Gasteiger partial charge >= 0.3 is 5.69 Å². The van der Waals surface area contributed by atoms with Gasteiger partial charge in [-0.05, 0) is 25.5 Å². The average Bonchev–Trinajstić information content (AvgIpc) is 3.36. The van der Waals surface area contributed by atoms with Crippen LogP contribution in [0.3, 0.4) is 0 Å². The van der Waals surface area contributed by atoms with Crippen molar-refractivity contribution in [3.63, 3.8) is 0 Å². The number of fused-ring (bicyclic) bond motifs is 5. The summed E-state index contributed by atoms with van der Waals surface area (Å²) in [7, 11) is 0. The number of rotatable bonds is 4. The highest BCUT2D eigenvalue weighted by Gasteiger charge is 2.19. The van der Waals surface area contributed by atoms with Crippen LogP contribution in [0.5, 0.6) is 0 Å². The molecule has 0 spiro atoms. The highest BCUT2D eigenvalue weighted by atomic mass is 32.1. The van der Waals surface area contributed by atoms with Crippen molar-refractivity contribution in [3.05, 3.63) is 52.0 Å². The van der Waals surface area contributed by atoms with E-state index in [1.54, 1.807) is 22.2 Å². The molecule has 0 radical (unpaired) electrons. The van der Waals surface area contributed by atoms with Crippen molar-refractivity contribution < 1.29 is 4.92 Å². The lowest BCUT2D eigenvalue weighted by Crippen LogP contribution is -2.08. The van der Waals surface area contributed by atoms with Crippen LogP contribution in [-0.2, 0) is 6.54 Å². The van der Waals surface area contributed by atoms with E-state index >= 15 is 0 Å². The van der Waals surface area contributed by atoms with Gasteiger partial charge in [0.05, 0.1) is 17.0 Å². The van der Waals surface area contributed by atoms with Crippen molar-refractivity contribution in [1.29, 1.82) is 0 Å². The first-order valence-corrected chi connectivity index (χ1v) is 9.81. The Kier molecular flexibility index (Phi) is 3.81. The molecule has 0 bridgehead atoms. The number of aryl methyl sites for hydroxylation is 2. The normalized spacial score (nSPS) is 12.9. The Bertz CT molecular complexity index is 1420. The molecule has 1 unspecified atom stereocenters. The number of aromatic nitrogens is 7. The van der Waals surface area contributed by atoms with E-state index in [1.807, 2.05) is 13.8 Å². The fourth-order valence-electron chi connectivity index (χ4n) is 3.50. The molecule has 0 saturated heterocycles. The third-order valence-corrected chi connectivity index (χ3v) is 5.91. The predicted molar refractivity (Wildman–Crippen MR) is 108 cm³/mol. The van der Waals surface area contributed by atoms with E-state index in [0.29, 0.717) is 12.4 Å². The Morgan fingerprint density at radius 2 is 2.14 bits per heavy atom. The largest absolute Gasteiger partial charge is 0.306 e. The SMILES string of the molecule is Cc1cc(C)c2c(n1)sc1c2ncn2nc(C(C)Cn3cc([N+](=O)[O-])cn3)nc12. The fraction of sp³-hybridized carbons (Fsp3) is 0.278. The van der Waals surface area contributed by atoms with E-state index < -0.39 is 4.92 Å². The molecule has 0 N–H and O–H groups in total. The van der Waals surface area contributed by atoms with E-state index in [9.17, 15) is 10.1 Å². The molecule has 5 rings (SSSR count). The molecule has 146 valence electrons. The molecular weight excluding hydrogens is 392 g/mol. The van der Waals surface area contributed by atoms with Crippen LogP contribution in [0.2, 0.25) is 0 Å². The van der Waals surface area contributed by atoms with E-state index in [-0.39, 0.29) is 11.6 Å². The minimum Gasteiger partial charge on any atom is -0.265 e. The molecule has 5 aromatic heterocycles. The molecule has 10 nitrogen and oxygen atoms in total. The molecule has 0 fully saturated rings. The first-order chi connectivity index (χ1) is 13.9. The number of nitrogens with zero attached hydrogens (tertiary/aromatic N) is 8. The molecular formula is C18H16N8O2S. The average molecular weight is 408 g/mol. The lowest BCUT2D eigenvalue weighted by atomic mass is 10.1. The number of thiophene rings is 1. The standard InChI is InChI=1S/C18H16N8O2S/c1-9-4-11(3)21-18-13(9)14-15(29-18)17-22-16(23-25(17)8-19-14)10(2)6-24-7-12(5-20-24)26(27)28/h4-5,7-8,10H,6H2,1-3H3. The maximum atomic E-state index is 10.8. The van der Waals surface area contributed by atoms with Gasteiger partial charge in [0.2, 0.25) is 0 Å². The van der Waals surface area contributed by atoms with Gasteiger partial charge in [-0.1, -0.05) is 6.92 Å². The first kappa shape index (κ1) is 17.6. The minimum atomic E-state index is -0.459. The Morgan fingerprint density at radius 3 is 2.90 bits per heavy atom. The highest BCUT2D eigenvalue weighted by molar-refractivity contribution is 7.26. The molecule has 0 aliphatic rings. The Balaban J connectivity index is 1.57. The summed E-state index contributed by atoms with van der Waals surface area (Å²) in [6.07, 6.45) is 4.33. The van der Waals surface area contributed by atoms with Crippen LogP contribution >= 0.6 is 11.3 Å². The molecule has 11 heteroatoms. The van der Waals surface area contributed by atoms with Gasteiger partial charge in [0.25, 0.3) is 0 Å². The van der Waals surface area contributed by atoms with Gasteiger partial charge in [-0.25, -0.2) is 19.5 Å². The van der Waals surface area contributed by atoms with Crippen LogP contribution in [0, 0.1) is 24.0 Å². The van der Waals surface area contributed by atoms with Crippen molar-refractivity contribution >= 4 is 43.1 Å². The molecule has 5 aromatic rings. The van der Waals surface area contributed by atoms with Gasteiger partial charge in [-0.15, -0.1) is 16.4 Å². The number of nitro groups is 1. The molecule has 0 aliphatic heterocycles. The maximum Gasteiger partial charge on any atom is 0.306 e. The lowest BCUT2D eigenvalue weighted by Gasteiger charge is -2.06. The monoisotopic (exact) mass is 408 g/mol. The molecule has 29 heavy (non-hydrogen) atoms. The zero-order valence-electron chi connectivity index (χ0n) is 15.9. The fourth-order valence-corrected chi connectivity index (χ4v) is 4.73. The quantitative estimate of drug-likeness (QED) is 0.330. The topological polar surface area (TPSA) is 117 Å². The van der Waals surface area contributed by atoms with Crippen molar-refractivity contribution in [2.45, 2.75) is 33.2 Å². The van der Waals surface area contributed by atoms with Gasteiger partial charge in [0.1, 0.15) is 28.3 Å². The highest BCUT2D eigenvalue weighted by Crippen LogP contribution is 2.35. The van der Waals surface area contributed by atoms with E-state index in [1.165, 1.54) is 17.1 Å². The maximum absolute atomic E-state index is 10.8. The van der Waals surface area contributed by atoms with Crippen LogP contribution in [0.15, 0.2) is 24.8 Å². The second-order valence-electron chi connectivity index (χ2n) is 7.10. The summed E-state index contributed by atoms with van der Waals surface area (Å²) in [6.45, 7) is 6.45. The first-order valence-electron chi connectivity index (χ1n) is 8.99. The lowest BCUT2D eigenvalue weighted by molar-refractivity contribution is -0.385. The molecule has 0 saturated carbocycles. The second kappa shape index (κ2) is 6.27. The molecule has 5 heterocycles. The predicted octanol–water partition coefficient (Wildman–Crippen LogP) is 3.41. The zero-order chi connectivity index (χ0) is 20.3. The Hall–Kier alpha value is -3.47. The van der Waals surface area contributed by atoms with Gasteiger partial charge in [0.15, 0.2) is 11.5 Å². The van der Waals surface area contributed by atoms with Gasteiger partial charge < -0.3 is 0 Å². The van der Waals surface area contributed by atoms with Crippen LogP contribution in [0.1, 0.15) is 29.9 Å². The summed E-state index contributed by atoms with van der Waals surface area (Å²) in [5.74, 6) is 0.553. The van der Waals surface area contributed by atoms with Crippen LogP contribution < -0.4 is 0 Å². The van der Waals surface area contributed by atoms with Gasteiger partial charge in [-0.2, -0.15) is 5.10 Å². The van der Waals surface area contributed by atoms with E-state index in [4.69, 9.17) is 4.98 Å². The van der Waals surface area contributed by atoms with E-state index in [0.717, 1.165) is 37.3 Å². The number of hydrogen-bond acceptors (Lipinski definition) is 8. The van der Waals surface area contributed by atoms with Crippen LogP contribution in [0.4, 0.5) is 5.69 Å². The summed E-state index contributed by atoms with van der Waals surface area (Å²) in [5.41, 5.74) is 3.71. The smallest absolute Gasteiger partial charge is 0.265 e. The van der Waals surface area contributed by atoms with Crippen molar-refractivity contribution in [3.8, 4) is 0 Å². The number of hydrogen-bond donors (Lipinski definition) is 0. The van der Waals surface area contributed by atoms with Crippen molar-refractivity contribution in [2.75, 3.05) is 0 Å². The van der Waals surface area contributed by atoms with Gasteiger partial charge in [-0.3, -0.25) is 14.8 Å². The molecule has 0 aromatic carbocycles.